The Morgan fingerprint density at radius 2 is 2.15 bits per heavy atom. The van der Waals surface area contributed by atoms with Crippen LogP contribution in [0.5, 0.6) is 5.75 Å². The standard InChI is InChI=1S/C9H6ClFO2/c10-7-4-6(2-1-3-12)9(13)8(11)5-7/h1-5,13H. The second-order valence-corrected chi connectivity index (χ2v) is 2.76. The van der Waals surface area contributed by atoms with E-state index in [0.29, 0.717) is 6.29 Å². The topological polar surface area (TPSA) is 37.3 Å². The van der Waals surface area contributed by atoms with Gasteiger partial charge in [0.25, 0.3) is 0 Å². The summed E-state index contributed by atoms with van der Waals surface area (Å²) in [4.78, 5) is 9.96. The molecule has 1 rings (SSSR count). The normalized spacial score (nSPS) is 10.6. The van der Waals surface area contributed by atoms with E-state index in [1.807, 2.05) is 0 Å². The molecule has 4 heteroatoms. The highest BCUT2D eigenvalue weighted by Gasteiger charge is 2.05. The first-order valence-corrected chi connectivity index (χ1v) is 3.83. The number of halogens is 2. The molecule has 0 unspecified atom stereocenters. The quantitative estimate of drug-likeness (QED) is 0.588. The van der Waals surface area contributed by atoms with Crippen LogP contribution in [0.1, 0.15) is 5.56 Å². The molecule has 0 fully saturated rings. The molecule has 2 nitrogen and oxygen atoms in total. The maximum Gasteiger partial charge on any atom is 0.166 e. The molecule has 0 aliphatic rings. The number of carbonyl (C=O) groups is 1. The molecule has 1 aromatic carbocycles. The molecule has 0 aromatic heterocycles. The smallest absolute Gasteiger partial charge is 0.166 e. The molecule has 1 aromatic rings. The second-order valence-electron chi connectivity index (χ2n) is 2.32. The zero-order chi connectivity index (χ0) is 9.84. The predicted octanol–water partition coefficient (Wildman–Crippen LogP) is 2.40. The first-order chi connectivity index (χ1) is 6.15. The van der Waals surface area contributed by atoms with Gasteiger partial charge in [0.2, 0.25) is 0 Å². The van der Waals surface area contributed by atoms with Gasteiger partial charge in [-0.05, 0) is 24.3 Å². The van der Waals surface area contributed by atoms with Crippen LogP contribution in [0.15, 0.2) is 18.2 Å². The fourth-order valence-corrected chi connectivity index (χ4v) is 1.07. The molecular formula is C9H6ClFO2. The molecule has 0 aliphatic heterocycles. The molecule has 1 N–H and O–H groups in total. The highest BCUT2D eigenvalue weighted by Crippen LogP contribution is 2.26. The number of aromatic hydroxyl groups is 1. The second kappa shape index (κ2) is 4.05. The van der Waals surface area contributed by atoms with Crippen LogP contribution in [0.25, 0.3) is 6.08 Å². The molecule has 68 valence electrons. The summed E-state index contributed by atoms with van der Waals surface area (Å²) in [6.07, 6.45) is 2.94. The van der Waals surface area contributed by atoms with Crippen LogP contribution in [-0.4, -0.2) is 11.4 Å². The minimum Gasteiger partial charge on any atom is -0.504 e. The van der Waals surface area contributed by atoms with Crippen LogP contribution < -0.4 is 0 Å². The zero-order valence-corrected chi connectivity index (χ0v) is 7.25. The van der Waals surface area contributed by atoms with Crippen LogP contribution in [-0.2, 0) is 4.79 Å². The van der Waals surface area contributed by atoms with E-state index in [0.717, 1.165) is 12.1 Å². The number of carbonyl (C=O) groups excluding carboxylic acids is 1. The third-order valence-corrected chi connectivity index (χ3v) is 1.63. The Morgan fingerprint density at radius 1 is 1.46 bits per heavy atom. The van der Waals surface area contributed by atoms with E-state index in [2.05, 4.69) is 0 Å². The first-order valence-electron chi connectivity index (χ1n) is 3.45. The maximum absolute atomic E-state index is 12.8. The van der Waals surface area contributed by atoms with Gasteiger partial charge in [0, 0.05) is 10.6 Å². The molecule has 0 amide bonds. The van der Waals surface area contributed by atoms with Gasteiger partial charge in [-0.3, -0.25) is 4.79 Å². The molecular weight excluding hydrogens is 195 g/mol. The first kappa shape index (κ1) is 9.74. The lowest BCUT2D eigenvalue weighted by Gasteiger charge is -2.00. The lowest BCUT2D eigenvalue weighted by Crippen LogP contribution is -1.81. The number of aldehydes is 1. The van der Waals surface area contributed by atoms with Crippen molar-refractivity contribution in [2.75, 3.05) is 0 Å². The molecule has 13 heavy (non-hydrogen) atoms. The van der Waals surface area contributed by atoms with Crippen LogP contribution in [0.4, 0.5) is 4.39 Å². The number of phenols is 1. The van der Waals surface area contributed by atoms with E-state index in [-0.39, 0.29) is 10.6 Å². The highest BCUT2D eigenvalue weighted by molar-refractivity contribution is 6.30. The van der Waals surface area contributed by atoms with Crippen molar-refractivity contribution >= 4 is 24.0 Å². The van der Waals surface area contributed by atoms with Crippen molar-refractivity contribution < 1.29 is 14.3 Å². The van der Waals surface area contributed by atoms with Gasteiger partial charge in [-0.2, -0.15) is 0 Å². The Bertz CT molecular complexity index is 361. The number of benzene rings is 1. The van der Waals surface area contributed by atoms with Gasteiger partial charge in [-0.25, -0.2) is 4.39 Å². The van der Waals surface area contributed by atoms with Gasteiger partial charge in [0.15, 0.2) is 11.6 Å². The van der Waals surface area contributed by atoms with Crippen molar-refractivity contribution in [3.8, 4) is 5.75 Å². The maximum atomic E-state index is 12.8. The zero-order valence-electron chi connectivity index (χ0n) is 6.50. The number of rotatable bonds is 2. The number of allylic oxidation sites excluding steroid dienone is 1. The van der Waals surface area contributed by atoms with Gasteiger partial charge >= 0.3 is 0 Å². The van der Waals surface area contributed by atoms with Crippen molar-refractivity contribution in [2.45, 2.75) is 0 Å². The van der Waals surface area contributed by atoms with Crippen molar-refractivity contribution in [1.29, 1.82) is 0 Å². The van der Waals surface area contributed by atoms with E-state index >= 15 is 0 Å². The van der Waals surface area contributed by atoms with Crippen LogP contribution in [0.3, 0.4) is 0 Å². The molecule has 0 radical (unpaired) electrons. The molecule has 0 atom stereocenters. The number of phenolic OH excluding ortho intramolecular Hbond substituents is 1. The highest BCUT2D eigenvalue weighted by atomic mass is 35.5. The third kappa shape index (κ3) is 2.29. The fraction of sp³-hybridized carbons (Fsp3) is 0. The average Bonchev–Trinajstić information content (AvgIpc) is 2.09. The van der Waals surface area contributed by atoms with Crippen molar-refractivity contribution in [3.05, 3.63) is 34.6 Å². The summed E-state index contributed by atoms with van der Waals surface area (Å²) in [5, 5.41) is 9.32. The van der Waals surface area contributed by atoms with Gasteiger partial charge in [0.05, 0.1) is 0 Å². The summed E-state index contributed by atoms with van der Waals surface area (Å²) in [7, 11) is 0. The number of hydrogen-bond acceptors (Lipinski definition) is 2. The number of hydrogen-bond donors (Lipinski definition) is 1. The Balaban J connectivity index is 3.19. The van der Waals surface area contributed by atoms with E-state index in [4.69, 9.17) is 16.7 Å². The van der Waals surface area contributed by atoms with Crippen LogP contribution in [0.2, 0.25) is 5.02 Å². The Kier molecular flexibility index (Phi) is 3.03. The summed E-state index contributed by atoms with van der Waals surface area (Å²) < 4.78 is 12.8. The largest absolute Gasteiger partial charge is 0.504 e. The summed E-state index contributed by atoms with van der Waals surface area (Å²) in [6.45, 7) is 0. The van der Waals surface area contributed by atoms with Crippen molar-refractivity contribution in [2.24, 2.45) is 0 Å². The molecule has 0 spiro atoms. The summed E-state index contributed by atoms with van der Waals surface area (Å²) >= 11 is 5.53. The Hall–Kier alpha value is -1.35. The van der Waals surface area contributed by atoms with E-state index in [9.17, 15) is 9.18 Å². The lowest BCUT2D eigenvalue weighted by molar-refractivity contribution is -0.104. The third-order valence-electron chi connectivity index (χ3n) is 1.41. The van der Waals surface area contributed by atoms with Crippen LogP contribution >= 0.6 is 11.6 Å². The van der Waals surface area contributed by atoms with Gasteiger partial charge < -0.3 is 5.11 Å². The predicted molar refractivity (Wildman–Crippen MR) is 48.2 cm³/mol. The monoisotopic (exact) mass is 200 g/mol. The minimum atomic E-state index is -0.807. The summed E-state index contributed by atoms with van der Waals surface area (Å²) in [5.74, 6) is -1.32. The molecule has 0 bridgehead atoms. The molecule has 0 saturated heterocycles. The molecule has 0 heterocycles. The van der Waals surface area contributed by atoms with Crippen LogP contribution in [0, 0.1) is 5.82 Å². The van der Waals surface area contributed by atoms with E-state index < -0.39 is 11.6 Å². The summed E-state index contributed by atoms with van der Waals surface area (Å²) in [6, 6.07) is 2.36. The fourth-order valence-electron chi connectivity index (χ4n) is 0.856. The van der Waals surface area contributed by atoms with Gasteiger partial charge in [-0.1, -0.05) is 11.6 Å². The van der Waals surface area contributed by atoms with Gasteiger partial charge in [0.1, 0.15) is 6.29 Å². The van der Waals surface area contributed by atoms with E-state index in [1.54, 1.807) is 0 Å². The van der Waals surface area contributed by atoms with E-state index in [1.165, 1.54) is 12.1 Å². The molecule has 0 aliphatic carbocycles. The lowest BCUT2D eigenvalue weighted by atomic mass is 10.2. The Labute approximate surface area is 79.3 Å². The van der Waals surface area contributed by atoms with Gasteiger partial charge in [-0.15, -0.1) is 0 Å². The van der Waals surface area contributed by atoms with Crippen molar-refractivity contribution in [1.82, 2.24) is 0 Å². The van der Waals surface area contributed by atoms with Crippen molar-refractivity contribution in [3.63, 3.8) is 0 Å². The Morgan fingerprint density at radius 3 is 2.77 bits per heavy atom. The molecule has 0 saturated carbocycles. The summed E-state index contributed by atoms with van der Waals surface area (Å²) in [5.41, 5.74) is 0.178. The SMILES string of the molecule is O=CC=Cc1cc(Cl)cc(F)c1O. The minimum absolute atomic E-state index is 0.167. The average molecular weight is 201 g/mol.